The van der Waals surface area contributed by atoms with Gasteiger partial charge in [-0.15, -0.1) is 0 Å². The van der Waals surface area contributed by atoms with E-state index in [2.05, 4.69) is 0 Å². The molecule has 6 nitrogen and oxygen atoms in total. The van der Waals surface area contributed by atoms with E-state index in [-0.39, 0.29) is 26.2 Å². The monoisotopic (exact) mass is 316 g/mol. The third kappa shape index (κ3) is 5.31. The Labute approximate surface area is 132 Å². The molecular weight excluding hydrogens is 288 g/mol. The van der Waals surface area contributed by atoms with Gasteiger partial charge in [0, 0.05) is 0 Å². The van der Waals surface area contributed by atoms with Crippen molar-refractivity contribution in [1.29, 1.82) is 0 Å². The first-order valence-electron chi connectivity index (χ1n) is 8.02. The van der Waals surface area contributed by atoms with E-state index in [0.29, 0.717) is 25.7 Å². The molecule has 0 aliphatic heterocycles. The van der Waals surface area contributed by atoms with E-state index in [1.807, 2.05) is 20.8 Å². The zero-order valence-corrected chi connectivity index (χ0v) is 14.1. The van der Waals surface area contributed by atoms with Crippen molar-refractivity contribution in [2.75, 3.05) is 19.8 Å². The molecule has 0 radical (unpaired) electrons. The van der Waals surface area contributed by atoms with Gasteiger partial charge in [0.25, 0.3) is 5.41 Å². The zero-order chi connectivity index (χ0) is 17.0. The van der Waals surface area contributed by atoms with Gasteiger partial charge in [-0.2, -0.15) is 0 Å². The normalized spacial score (nSPS) is 10.9. The summed E-state index contributed by atoms with van der Waals surface area (Å²) in [6, 6.07) is 0. The Morgan fingerprint density at radius 3 is 1.18 bits per heavy atom. The van der Waals surface area contributed by atoms with Gasteiger partial charge in [0.05, 0.1) is 19.8 Å². The largest absolute Gasteiger partial charge is 0.464 e. The minimum Gasteiger partial charge on any atom is -0.464 e. The van der Waals surface area contributed by atoms with Crippen LogP contribution >= 0.6 is 0 Å². The second-order valence-electron chi connectivity index (χ2n) is 5.06. The van der Waals surface area contributed by atoms with E-state index >= 15 is 0 Å². The van der Waals surface area contributed by atoms with Crippen LogP contribution in [0.3, 0.4) is 0 Å². The molecular formula is C16H28O6. The average Bonchev–Trinajstić information content (AvgIpc) is 2.52. The standard InChI is InChI=1S/C16H28O6/c1-5-9-16(13(17)20-10-6-2,14(18)21-11-7-3)15(19)22-12-8-4/h5-12H2,1-4H3. The highest BCUT2D eigenvalue weighted by Crippen LogP contribution is 2.30. The molecule has 128 valence electrons. The summed E-state index contributed by atoms with van der Waals surface area (Å²) in [7, 11) is 0. The van der Waals surface area contributed by atoms with E-state index < -0.39 is 23.3 Å². The van der Waals surface area contributed by atoms with Crippen LogP contribution in [0.1, 0.15) is 59.8 Å². The molecule has 0 aromatic carbocycles. The van der Waals surface area contributed by atoms with Crippen LogP contribution in [0.2, 0.25) is 0 Å². The van der Waals surface area contributed by atoms with Gasteiger partial charge in [-0.05, 0) is 25.7 Å². The number of hydrogen-bond donors (Lipinski definition) is 0. The van der Waals surface area contributed by atoms with Crippen LogP contribution in [0, 0.1) is 5.41 Å². The molecule has 0 heterocycles. The number of hydrogen-bond acceptors (Lipinski definition) is 6. The Kier molecular flexibility index (Phi) is 10.2. The molecule has 0 saturated carbocycles. The van der Waals surface area contributed by atoms with E-state index in [9.17, 15) is 14.4 Å². The maximum atomic E-state index is 12.4. The molecule has 0 spiro atoms. The number of carbonyl (C=O) groups is 3. The van der Waals surface area contributed by atoms with Crippen molar-refractivity contribution in [3.63, 3.8) is 0 Å². The van der Waals surface area contributed by atoms with Crippen molar-refractivity contribution in [2.45, 2.75) is 59.8 Å². The maximum absolute atomic E-state index is 12.4. The molecule has 0 rings (SSSR count). The highest BCUT2D eigenvalue weighted by molar-refractivity contribution is 6.17. The number of carbonyl (C=O) groups excluding carboxylic acids is 3. The molecule has 0 unspecified atom stereocenters. The second-order valence-corrected chi connectivity index (χ2v) is 5.06. The molecule has 0 N–H and O–H groups in total. The van der Waals surface area contributed by atoms with Crippen LogP contribution < -0.4 is 0 Å². The molecule has 0 bridgehead atoms. The molecule has 0 aromatic heterocycles. The molecule has 0 saturated heterocycles. The van der Waals surface area contributed by atoms with Crippen molar-refractivity contribution in [2.24, 2.45) is 5.41 Å². The van der Waals surface area contributed by atoms with Crippen LogP contribution in [-0.4, -0.2) is 37.7 Å². The number of rotatable bonds is 11. The third-order valence-corrected chi connectivity index (χ3v) is 2.98. The minimum atomic E-state index is -2.01. The van der Waals surface area contributed by atoms with E-state index in [1.165, 1.54) is 0 Å². The van der Waals surface area contributed by atoms with Crippen molar-refractivity contribution in [1.82, 2.24) is 0 Å². The lowest BCUT2D eigenvalue weighted by Gasteiger charge is -2.27. The van der Waals surface area contributed by atoms with Gasteiger partial charge < -0.3 is 14.2 Å². The Hall–Kier alpha value is -1.59. The van der Waals surface area contributed by atoms with Crippen molar-refractivity contribution in [3.8, 4) is 0 Å². The maximum Gasteiger partial charge on any atom is 0.335 e. The summed E-state index contributed by atoms with van der Waals surface area (Å²) in [5.74, 6) is -2.63. The summed E-state index contributed by atoms with van der Waals surface area (Å²) >= 11 is 0. The van der Waals surface area contributed by atoms with Gasteiger partial charge in [-0.3, -0.25) is 14.4 Å². The van der Waals surface area contributed by atoms with Crippen molar-refractivity contribution >= 4 is 17.9 Å². The molecule has 0 aliphatic rings. The van der Waals surface area contributed by atoms with Gasteiger partial charge in [-0.25, -0.2) is 0 Å². The van der Waals surface area contributed by atoms with Crippen LogP contribution in [-0.2, 0) is 28.6 Å². The predicted octanol–water partition coefficient (Wildman–Crippen LogP) is 2.63. The summed E-state index contributed by atoms with van der Waals surface area (Å²) in [6.07, 6.45) is 2.26. The first kappa shape index (κ1) is 20.4. The zero-order valence-electron chi connectivity index (χ0n) is 14.1. The first-order chi connectivity index (χ1) is 10.5. The smallest absolute Gasteiger partial charge is 0.335 e. The molecule has 0 atom stereocenters. The fraction of sp³-hybridized carbons (Fsp3) is 0.812. The fourth-order valence-electron chi connectivity index (χ4n) is 1.89. The van der Waals surface area contributed by atoms with E-state index in [4.69, 9.17) is 14.2 Å². The van der Waals surface area contributed by atoms with Crippen LogP contribution in [0.25, 0.3) is 0 Å². The second kappa shape index (κ2) is 11.0. The van der Waals surface area contributed by atoms with Gasteiger partial charge in [-0.1, -0.05) is 34.1 Å². The van der Waals surface area contributed by atoms with E-state index in [0.717, 1.165) is 0 Å². The Bertz CT molecular complexity index is 313. The van der Waals surface area contributed by atoms with E-state index in [1.54, 1.807) is 6.92 Å². The van der Waals surface area contributed by atoms with Gasteiger partial charge in [0.15, 0.2) is 0 Å². The topological polar surface area (TPSA) is 78.9 Å². The van der Waals surface area contributed by atoms with Crippen molar-refractivity contribution in [3.05, 3.63) is 0 Å². The molecule has 0 amide bonds. The summed E-state index contributed by atoms with van der Waals surface area (Å²) in [5.41, 5.74) is -2.01. The molecule has 0 aliphatic carbocycles. The lowest BCUT2D eigenvalue weighted by atomic mass is 9.83. The highest BCUT2D eigenvalue weighted by atomic mass is 16.6. The van der Waals surface area contributed by atoms with Gasteiger partial charge in [0.1, 0.15) is 0 Å². The average molecular weight is 316 g/mol. The summed E-state index contributed by atoms with van der Waals surface area (Å²) in [5, 5.41) is 0. The van der Waals surface area contributed by atoms with Crippen LogP contribution in [0.4, 0.5) is 0 Å². The lowest BCUT2D eigenvalue weighted by Crippen LogP contribution is -2.49. The van der Waals surface area contributed by atoms with Gasteiger partial charge in [0.2, 0.25) is 0 Å². The number of ether oxygens (including phenoxy) is 3. The third-order valence-electron chi connectivity index (χ3n) is 2.98. The molecule has 0 fully saturated rings. The highest BCUT2D eigenvalue weighted by Gasteiger charge is 2.56. The Balaban J connectivity index is 5.46. The first-order valence-corrected chi connectivity index (χ1v) is 8.02. The SMILES string of the molecule is CCCOC(=O)C(CCC)(C(=O)OCCC)C(=O)OCCC. The van der Waals surface area contributed by atoms with Gasteiger partial charge >= 0.3 is 17.9 Å². The van der Waals surface area contributed by atoms with Crippen LogP contribution in [0.5, 0.6) is 0 Å². The molecule has 0 aromatic rings. The molecule has 22 heavy (non-hydrogen) atoms. The fourth-order valence-corrected chi connectivity index (χ4v) is 1.89. The Morgan fingerprint density at radius 2 is 0.955 bits per heavy atom. The lowest BCUT2D eigenvalue weighted by molar-refractivity contribution is -0.185. The summed E-state index contributed by atoms with van der Waals surface area (Å²) in [6.45, 7) is 7.71. The minimum absolute atomic E-state index is 0.0145. The number of esters is 3. The predicted molar refractivity (Wildman–Crippen MR) is 81.1 cm³/mol. The summed E-state index contributed by atoms with van der Waals surface area (Å²) in [4.78, 5) is 37.2. The van der Waals surface area contributed by atoms with Crippen LogP contribution in [0.15, 0.2) is 0 Å². The Morgan fingerprint density at radius 1 is 0.636 bits per heavy atom. The summed E-state index contributed by atoms with van der Waals surface area (Å²) < 4.78 is 15.2. The quantitative estimate of drug-likeness (QED) is 0.331. The van der Waals surface area contributed by atoms with Crippen molar-refractivity contribution < 1.29 is 28.6 Å². The molecule has 6 heteroatoms.